The molecule has 0 unspecified atom stereocenters. The third-order valence-corrected chi connectivity index (χ3v) is 3.15. The van der Waals surface area contributed by atoms with E-state index in [4.69, 9.17) is 19.5 Å². The number of methoxy groups -OCH3 is 2. The van der Waals surface area contributed by atoms with Crippen molar-refractivity contribution in [2.45, 2.75) is 0 Å². The van der Waals surface area contributed by atoms with Crippen molar-refractivity contribution in [2.75, 3.05) is 20.8 Å². The molecule has 0 aliphatic carbocycles. The number of ether oxygens (including phenoxy) is 3. The fourth-order valence-corrected chi connectivity index (χ4v) is 1.97. The van der Waals surface area contributed by atoms with Gasteiger partial charge in [0.2, 0.25) is 0 Å². The highest BCUT2D eigenvalue weighted by molar-refractivity contribution is 5.95. The Hall–Kier alpha value is -3.53. The number of nitriles is 1. The molecule has 0 aromatic heterocycles. The van der Waals surface area contributed by atoms with E-state index in [1.807, 2.05) is 6.07 Å². The minimum Gasteiger partial charge on any atom is -0.497 e. The molecule has 0 radical (unpaired) electrons. The summed E-state index contributed by atoms with van der Waals surface area (Å²) in [7, 11) is 3.02. The maximum atomic E-state index is 12.2. The molecule has 0 saturated carbocycles. The van der Waals surface area contributed by atoms with Crippen molar-refractivity contribution in [3.8, 4) is 23.3 Å². The van der Waals surface area contributed by atoms with Crippen molar-refractivity contribution >= 4 is 12.1 Å². The lowest BCUT2D eigenvalue weighted by Gasteiger charge is -2.07. The van der Waals surface area contributed by atoms with Crippen LogP contribution < -0.4 is 19.6 Å². The van der Waals surface area contributed by atoms with Gasteiger partial charge in [0.25, 0.3) is 5.91 Å². The van der Waals surface area contributed by atoms with Crippen LogP contribution in [-0.2, 0) is 0 Å². The van der Waals surface area contributed by atoms with Crippen LogP contribution in [-0.4, -0.2) is 32.9 Å². The van der Waals surface area contributed by atoms with Crippen LogP contribution in [0.2, 0.25) is 0 Å². The van der Waals surface area contributed by atoms with E-state index in [0.717, 1.165) is 5.56 Å². The van der Waals surface area contributed by atoms with Crippen LogP contribution in [0, 0.1) is 11.3 Å². The smallest absolute Gasteiger partial charge is 0.271 e. The Kier molecular flexibility index (Phi) is 6.37. The fraction of sp³-hybridized carbons (Fsp3) is 0.167. The highest BCUT2D eigenvalue weighted by Gasteiger charge is 2.09. The first-order valence-electron chi connectivity index (χ1n) is 7.32. The van der Waals surface area contributed by atoms with E-state index in [0.29, 0.717) is 22.8 Å². The van der Waals surface area contributed by atoms with E-state index >= 15 is 0 Å². The molecule has 7 heteroatoms. The van der Waals surface area contributed by atoms with Crippen LogP contribution in [0.4, 0.5) is 0 Å². The number of rotatable bonds is 7. The summed E-state index contributed by atoms with van der Waals surface area (Å²) in [5.41, 5.74) is 3.52. The molecule has 0 saturated heterocycles. The molecule has 7 nitrogen and oxygen atoms in total. The monoisotopic (exact) mass is 339 g/mol. The molecule has 2 aromatic carbocycles. The third-order valence-electron chi connectivity index (χ3n) is 3.15. The molecule has 0 aliphatic heterocycles. The Morgan fingerprint density at radius 3 is 2.52 bits per heavy atom. The molecule has 0 fully saturated rings. The summed E-state index contributed by atoms with van der Waals surface area (Å²) in [6.45, 7) is -0.0327. The van der Waals surface area contributed by atoms with Gasteiger partial charge in [-0.25, -0.2) is 5.43 Å². The lowest BCUT2D eigenvalue weighted by Crippen LogP contribution is -2.17. The summed E-state index contributed by atoms with van der Waals surface area (Å²) in [4.78, 5) is 12.2. The maximum Gasteiger partial charge on any atom is 0.271 e. The second-order valence-electron chi connectivity index (χ2n) is 4.82. The quantitative estimate of drug-likeness (QED) is 0.617. The van der Waals surface area contributed by atoms with Crippen molar-refractivity contribution in [2.24, 2.45) is 5.10 Å². The van der Waals surface area contributed by atoms with Crippen molar-refractivity contribution < 1.29 is 19.0 Å². The first-order valence-corrected chi connectivity index (χ1v) is 7.32. The molecule has 128 valence electrons. The maximum absolute atomic E-state index is 12.2. The van der Waals surface area contributed by atoms with Crippen LogP contribution >= 0.6 is 0 Å². The normalized spacial score (nSPS) is 10.1. The van der Waals surface area contributed by atoms with Gasteiger partial charge in [0.05, 0.1) is 20.4 Å². The summed E-state index contributed by atoms with van der Waals surface area (Å²) in [5.74, 6) is 1.17. The predicted octanol–water partition coefficient (Wildman–Crippen LogP) is 2.37. The standard InChI is InChI=1S/C18H17N3O4/c1-23-16-9-14(10-17(11-16)24-2)18(22)21-20-12-13-4-3-5-15(8-13)25-7-6-19/h3-5,8-12H,7H2,1-2H3,(H,21,22). The largest absolute Gasteiger partial charge is 0.497 e. The zero-order chi connectivity index (χ0) is 18.1. The minimum atomic E-state index is -0.398. The number of nitrogens with one attached hydrogen (secondary N) is 1. The van der Waals surface area contributed by atoms with Gasteiger partial charge in [0.15, 0.2) is 6.61 Å². The molecular formula is C18H17N3O4. The topological polar surface area (TPSA) is 92.9 Å². The van der Waals surface area contributed by atoms with Gasteiger partial charge in [0, 0.05) is 11.6 Å². The van der Waals surface area contributed by atoms with Gasteiger partial charge in [-0.15, -0.1) is 0 Å². The van der Waals surface area contributed by atoms with Crippen molar-refractivity contribution in [1.29, 1.82) is 5.26 Å². The van der Waals surface area contributed by atoms with Crippen molar-refractivity contribution in [1.82, 2.24) is 5.43 Å². The third kappa shape index (κ3) is 5.25. The minimum absolute atomic E-state index is 0.0327. The summed E-state index contributed by atoms with van der Waals surface area (Å²) in [6, 6.07) is 13.7. The number of hydrazone groups is 1. The van der Waals surface area contributed by atoms with Gasteiger partial charge >= 0.3 is 0 Å². The number of carbonyl (C=O) groups excluding carboxylic acids is 1. The highest BCUT2D eigenvalue weighted by atomic mass is 16.5. The average molecular weight is 339 g/mol. The lowest BCUT2D eigenvalue weighted by molar-refractivity contribution is 0.0954. The fourth-order valence-electron chi connectivity index (χ4n) is 1.97. The molecule has 0 atom stereocenters. The van der Waals surface area contributed by atoms with Crippen LogP contribution in [0.1, 0.15) is 15.9 Å². The van der Waals surface area contributed by atoms with Gasteiger partial charge in [-0.2, -0.15) is 10.4 Å². The van der Waals surface area contributed by atoms with E-state index in [2.05, 4.69) is 10.5 Å². The molecule has 1 N–H and O–H groups in total. The zero-order valence-electron chi connectivity index (χ0n) is 13.9. The first-order chi connectivity index (χ1) is 12.2. The Morgan fingerprint density at radius 1 is 1.16 bits per heavy atom. The Balaban J connectivity index is 2.04. The van der Waals surface area contributed by atoms with Crippen molar-refractivity contribution in [3.05, 3.63) is 53.6 Å². The van der Waals surface area contributed by atoms with E-state index < -0.39 is 5.91 Å². The summed E-state index contributed by atoms with van der Waals surface area (Å²) >= 11 is 0. The predicted molar refractivity (Wildman–Crippen MR) is 92.2 cm³/mol. The molecule has 0 aliphatic rings. The van der Waals surface area contributed by atoms with E-state index in [9.17, 15) is 4.79 Å². The molecule has 2 rings (SSSR count). The van der Waals surface area contributed by atoms with Crippen LogP contribution in [0.5, 0.6) is 17.2 Å². The van der Waals surface area contributed by atoms with Crippen LogP contribution in [0.15, 0.2) is 47.6 Å². The number of carbonyl (C=O) groups is 1. The van der Waals surface area contributed by atoms with Crippen molar-refractivity contribution in [3.63, 3.8) is 0 Å². The summed E-state index contributed by atoms with van der Waals surface area (Å²) < 4.78 is 15.5. The average Bonchev–Trinajstić information content (AvgIpc) is 2.66. The zero-order valence-corrected chi connectivity index (χ0v) is 13.9. The summed E-state index contributed by atoms with van der Waals surface area (Å²) in [5, 5.41) is 12.4. The second kappa shape index (κ2) is 8.93. The Labute approximate surface area is 145 Å². The number of benzene rings is 2. The van der Waals surface area contributed by atoms with E-state index in [-0.39, 0.29) is 6.61 Å². The first kappa shape index (κ1) is 17.8. The molecule has 0 heterocycles. The lowest BCUT2D eigenvalue weighted by atomic mass is 10.2. The molecule has 25 heavy (non-hydrogen) atoms. The van der Waals surface area contributed by atoms with E-state index in [1.165, 1.54) is 20.4 Å². The Bertz CT molecular complexity index is 790. The second-order valence-corrected chi connectivity index (χ2v) is 4.82. The summed E-state index contributed by atoms with van der Waals surface area (Å²) in [6.07, 6.45) is 1.48. The highest BCUT2D eigenvalue weighted by Crippen LogP contribution is 2.22. The Morgan fingerprint density at radius 2 is 1.88 bits per heavy atom. The number of hydrogen-bond donors (Lipinski definition) is 1. The molecular weight excluding hydrogens is 322 g/mol. The van der Waals surface area contributed by atoms with Crippen LogP contribution in [0.25, 0.3) is 0 Å². The molecule has 1 amide bonds. The van der Waals surface area contributed by atoms with Gasteiger partial charge in [-0.3, -0.25) is 4.79 Å². The van der Waals surface area contributed by atoms with Crippen LogP contribution in [0.3, 0.4) is 0 Å². The van der Waals surface area contributed by atoms with E-state index in [1.54, 1.807) is 42.5 Å². The van der Waals surface area contributed by atoms with Gasteiger partial charge in [-0.05, 0) is 29.8 Å². The molecule has 2 aromatic rings. The SMILES string of the molecule is COc1cc(OC)cc(C(=O)NN=Cc2cccc(OCC#N)c2)c1. The molecule has 0 bridgehead atoms. The van der Waals surface area contributed by atoms with Gasteiger partial charge in [0.1, 0.15) is 23.3 Å². The van der Waals surface area contributed by atoms with Gasteiger partial charge < -0.3 is 14.2 Å². The number of amides is 1. The molecule has 0 spiro atoms. The number of hydrogen-bond acceptors (Lipinski definition) is 6. The van der Waals surface area contributed by atoms with Gasteiger partial charge in [-0.1, -0.05) is 12.1 Å². The number of nitrogens with zero attached hydrogens (tertiary/aromatic N) is 2.